The zero-order valence-electron chi connectivity index (χ0n) is 40.8. The number of phosphoric acid groups is 3. The standard InChI is InChI=1S/C36H51N15O23P4/c1-5-39-36-45-29-20(31(56)47-36)48(2)13-51(29)32-21(52)14(6-65-3)15(70-32)7-68-76(59,60)73-78(63,64)74-77(61,62)69-9-17-25(24(66-4)34(72-17)49-11-42-18-26(37)40-10-41-27(18)49)75(57,58)67-8-16-22(53)23(54)33(71-16)50-12-43-19-28(50)44-35(38)46-30(19)55/h10-17,21-25,32-34,52-54H,5-9H2,1-4H3,(H10-,37,38,39,40,41,44,45,46,47,55,56,57,58,59,60,61,62,63,64)/t14-,15-,16-,17-,21-,22-,23-,24-,25-,32-,33-,34-/m1/s1. The van der Waals surface area contributed by atoms with Gasteiger partial charge in [0.25, 0.3) is 16.7 Å². The molecule has 16 atom stereocenters. The summed E-state index contributed by atoms with van der Waals surface area (Å²) in [5.74, 6) is -1.34. The van der Waals surface area contributed by atoms with Gasteiger partial charge in [-0.2, -0.15) is 23.2 Å². The number of rotatable bonds is 22. The molecule has 428 valence electrons. The molecule has 0 aromatic carbocycles. The second-order valence-electron chi connectivity index (χ2n) is 17.6. The highest BCUT2D eigenvalue weighted by atomic mass is 31.3. The van der Waals surface area contributed by atoms with Crippen molar-refractivity contribution in [3.8, 4) is 0 Å². The van der Waals surface area contributed by atoms with Gasteiger partial charge >= 0.3 is 29.0 Å². The van der Waals surface area contributed by atoms with E-state index in [1.165, 1.54) is 34.2 Å². The zero-order valence-corrected chi connectivity index (χ0v) is 44.4. The Morgan fingerprint density at radius 1 is 0.731 bits per heavy atom. The van der Waals surface area contributed by atoms with Crippen molar-refractivity contribution in [1.29, 1.82) is 0 Å². The molecular formula is C36H51N15O23P4. The number of aryl methyl sites for hydroxylation is 1. The fraction of sp³-hybridized carbons (Fsp3) is 0.583. The molecule has 9 rings (SSSR count). The summed E-state index contributed by atoms with van der Waals surface area (Å²) in [5.41, 5.74) is 8.09. The minimum absolute atomic E-state index is 0.0170. The second kappa shape index (κ2) is 22.1. The van der Waals surface area contributed by atoms with Gasteiger partial charge in [0.15, 0.2) is 35.1 Å². The first kappa shape index (κ1) is 57.6. The molecule has 3 saturated heterocycles. The van der Waals surface area contributed by atoms with E-state index in [9.17, 15) is 62.7 Å². The van der Waals surface area contributed by atoms with E-state index in [2.05, 4.69) is 53.8 Å². The third-order valence-corrected chi connectivity index (χ3v) is 18.7. The number of nitrogen functional groups attached to an aromatic ring is 2. The van der Waals surface area contributed by atoms with Crippen molar-refractivity contribution in [2.45, 2.75) is 74.0 Å². The van der Waals surface area contributed by atoms with E-state index in [4.69, 9.17) is 48.7 Å². The van der Waals surface area contributed by atoms with Crippen LogP contribution in [0.2, 0.25) is 0 Å². The first-order chi connectivity index (χ1) is 36.8. The number of H-pyrrole nitrogens is 2. The number of hydrogen-bond donors (Lipinski definition) is 11. The van der Waals surface area contributed by atoms with Gasteiger partial charge < -0.3 is 84.5 Å². The number of hydrogen-bond acceptors (Lipinski definition) is 29. The maximum Gasteiger partial charge on any atom is 0.490 e. The molecule has 42 heteroatoms. The third-order valence-electron chi connectivity index (χ3n) is 12.6. The number of aliphatic hydroxyl groups is 3. The van der Waals surface area contributed by atoms with Gasteiger partial charge in [-0.25, -0.2) is 38.2 Å². The predicted molar refractivity (Wildman–Crippen MR) is 255 cm³/mol. The number of nitrogens with one attached hydrogen (secondary N) is 3. The van der Waals surface area contributed by atoms with E-state index in [1.807, 2.05) is 0 Å². The zero-order chi connectivity index (χ0) is 56.4. The summed E-state index contributed by atoms with van der Waals surface area (Å²) < 4.78 is 111. The lowest BCUT2D eigenvalue weighted by atomic mass is 9.99. The summed E-state index contributed by atoms with van der Waals surface area (Å²) in [5, 5.41) is 36.2. The number of nitrogens with two attached hydrogens (primary N) is 2. The Morgan fingerprint density at radius 3 is 2.01 bits per heavy atom. The smallest absolute Gasteiger partial charge is 0.490 e. The van der Waals surface area contributed by atoms with Gasteiger partial charge in [0.2, 0.25) is 24.5 Å². The number of fused-ring (bicyclic) bond motifs is 3. The SMILES string of the molecule is CCNc1nc2c(c(=O)[nH]1)[n+](C)cn2[C@@H]1O[C@H](COP(=O)(O)OP(=O)(O)OP(=O)(O)OC[C@H]2O[C@@H](n3cnc4c(N)ncnc43)[C@H](OC)[C@@H]2P(=O)([O-])OC[C@H]2O[C@@H](n3cnc4c(=O)[nH]c(N)nc43)[C@H](O)[C@@H]2O)[C@@H](COC)[C@H]1O. The first-order valence-electron chi connectivity index (χ1n) is 22.8. The summed E-state index contributed by atoms with van der Waals surface area (Å²) in [6, 6.07) is 0. The maximum atomic E-state index is 14.3. The number of imidazole rings is 3. The molecule has 0 amide bonds. The average Bonchev–Trinajstić information content (AvgIpc) is 4.30. The Labute approximate surface area is 435 Å². The predicted octanol–water partition coefficient (Wildman–Crippen LogP) is -3.52. The molecule has 4 unspecified atom stereocenters. The van der Waals surface area contributed by atoms with Crippen LogP contribution in [0, 0.1) is 5.92 Å². The lowest BCUT2D eigenvalue weighted by Gasteiger charge is -2.35. The number of methoxy groups -OCH3 is 2. The lowest BCUT2D eigenvalue weighted by molar-refractivity contribution is -0.646. The fourth-order valence-corrected chi connectivity index (χ4v) is 14.4. The first-order valence-corrected chi connectivity index (χ1v) is 28.9. The number of nitrogens with zero attached hydrogens (tertiary/aromatic N) is 10. The van der Waals surface area contributed by atoms with Crippen LogP contribution in [-0.2, 0) is 71.2 Å². The lowest BCUT2D eigenvalue weighted by Crippen LogP contribution is -2.40. The Hall–Kier alpha value is -5.11. The molecule has 0 aliphatic carbocycles. The number of phosphoric ester groups is 2. The summed E-state index contributed by atoms with van der Waals surface area (Å²) >= 11 is 0. The largest absolute Gasteiger partial charge is 0.778 e. The Bertz CT molecular complexity index is 3530. The summed E-state index contributed by atoms with van der Waals surface area (Å²) in [7, 11) is -19.7. The molecule has 13 N–H and O–H groups in total. The minimum atomic E-state index is -6.20. The summed E-state index contributed by atoms with van der Waals surface area (Å²) in [4.78, 5) is 101. The second-order valence-corrected chi connectivity index (χ2v) is 24.2. The number of ether oxygens (including phenoxy) is 5. The number of aromatic amines is 2. The number of anilines is 3. The molecule has 78 heavy (non-hydrogen) atoms. The van der Waals surface area contributed by atoms with Crippen molar-refractivity contribution in [2.24, 2.45) is 13.0 Å². The average molecular weight is 1190 g/mol. The van der Waals surface area contributed by atoms with Crippen LogP contribution >= 0.6 is 31.1 Å². The molecule has 0 spiro atoms. The third kappa shape index (κ3) is 11.3. The molecule has 0 saturated carbocycles. The quantitative estimate of drug-likeness (QED) is 0.0232. The molecule has 0 radical (unpaired) electrons. The monoisotopic (exact) mass is 1190 g/mol. The van der Waals surface area contributed by atoms with Gasteiger partial charge in [-0.3, -0.25) is 37.7 Å². The molecule has 38 nitrogen and oxygen atoms in total. The van der Waals surface area contributed by atoms with E-state index in [0.29, 0.717) is 6.54 Å². The highest BCUT2D eigenvalue weighted by molar-refractivity contribution is 7.66. The van der Waals surface area contributed by atoms with Crippen LogP contribution < -0.4 is 37.4 Å². The van der Waals surface area contributed by atoms with Crippen molar-refractivity contribution >= 4 is 82.3 Å². The number of aliphatic hydroxyl groups excluding tert-OH is 3. The van der Waals surface area contributed by atoms with Crippen LogP contribution in [0.4, 0.5) is 17.7 Å². The fourth-order valence-electron chi connectivity index (χ4n) is 9.19. The van der Waals surface area contributed by atoms with Gasteiger partial charge in [-0.15, -0.1) is 0 Å². The van der Waals surface area contributed by atoms with Crippen LogP contribution in [-0.4, -0.2) is 179 Å². The molecule has 6 aromatic heterocycles. The van der Waals surface area contributed by atoms with E-state index < -0.39 is 135 Å². The highest BCUT2D eigenvalue weighted by Crippen LogP contribution is 2.68. The van der Waals surface area contributed by atoms with Crippen molar-refractivity contribution in [3.05, 3.63) is 46.0 Å². The molecule has 3 fully saturated rings. The van der Waals surface area contributed by atoms with E-state index in [-0.39, 0.29) is 57.8 Å². The van der Waals surface area contributed by atoms with Crippen LogP contribution in [0.25, 0.3) is 33.5 Å². The van der Waals surface area contributed by atoms with Crippen molar-refractivity contribution < 1.29 is 104 Å². The van der Waals surface area contributed by atoms with Gasteiger partial charge in [0.05, 0.1) is 64.0 Å². The van der Waals surface area contributed by atoms with Gasteiger partial charge in [-0.05, 0) is 6.92 Å². The molecule has 0 bridgehead atoms. The highest BCUT2D eigenvalue weighted by Gasteiger charge is 2.55. The van der Waals surface area contributed by atoms with E-state index in [0.717, 1.165) is 30.7 Å². The topological polar surface area (TPSA) is 531 Å². The van der Waals surface area contributed by atoms with Crippen molar-refractivity contribution in [1.82, 2.24) is 53.6 Å². The van der Waals surface area contributed by atoms with E-state index in [1.54, 1.807) is 6.92 Å². The molecule has 9 heterocycles. The van der Waals surface area contributed by atoms with Crippen LogP contribution in [0.1, 0.15) is 25.6 Å². The normalized spacial score (nSPS) is 29.7. The minimum Gasteiger partial charge on any atom is -0.778 e. The molecule has 3 aliphatic rings. The Morgan fingerprint density at radius 2 is 1.35 bits per heavy atom. The Kier molecular flexibility index (Phi) is 16.3. The van der Waals surface area contributed by atoms with Crippen LogP contribution in [0.15, 0.2) is 34.9 Å². The molecular weight excluding hydrogens is 1130 g/mol. The van der Waals surface area contributed by atoms with E-state index >= 15 is 0 Å². The Balaban J connectivity index is 0.886. The van der Waals surface area contributed by atoms with Crippen molar-refractivity contribution in [3.63, 3.8) is 0 Å². The summed E-state index contributed by atoms with van der Waals surface area (Å²) in [6.07, 6.45) is -11.4. The number of aromatic nitrogens is 12. The molecule has 3 aliphatic heterocycles. The van der Waals surface area contributed by atoms with Crippen LogP contribution in [0.3, 0.4) is 0 Å². The van der Waals surface area contributed by atoms with Crippen molar-refractivity contribution in [2.75, 3.05) is 64.0 Å². The van der Waals surface area contributed by atoms with Gasteiger partial charge in [-0.1, -0.05) is 0 Å². The van der Waals surface area contributed by atoms with Gasteiger partial charge in [0, 0.05) is 26.7 Å². The molecule has 6 aromatic rings. The maximum absolute atomic E-state index is 14.3. The van der Waals surface area contributed by atoms with Crippen LogP contribution in [0.5, 0.6) is 0 Å². The van der Waals surface area contributed by atoms with Gasteiger partial charge in [0.1, 0.15) is 50.0 Å². The summed E-state index contributed by atoms with van der Waals surface area (Å²) in [6.45, 7) is -1.39.